The van der Waals surface area contributed by atoms with Gasteiger partial charge in [0, 0.05) is 10.0 Å². The summed E-state index contributed by atoms with van der Waals surface area (Å²) in [5.74, 6) is 0. The van der Waals surface area contributed by atoms with E-state index < -0.39 is 0 Å². The van der Waals surface area contributed by atoms with Crippen LogP contribution in [0.1, 0.15) is 11.1 Å². The van der Waals surface area contributed by atoms with E-state index in [9.17, 15) is 5.26 Å². The highest BCUT2D eigenvalue weighted by Gasteiger charge is 2.03. The largest absolute Gasteiger partial charge is 0.192 e. The number of nitrogens with zero attached hydrogens (tertiary/aromatic N) is 1. The molecule has 2 aromatic carbocycles. The summed E-state index contributed by atoms with van der Waals surface area (Å²) in [6.45, 7) is 0. The molecule has 0 fully saturated rings. The summed E-state index contributed by atoms with van der Waals surface area (Å²) in [6.07, 6.45) is 1.76. The molecule has 3 heteroatoms. The molecule has 0 aliphatic heterocycles. The van der Waals surface area contributed by atoms with Gasteiger partial charge in [0.25, 0.3) is 0 Å². The van der Waals surface area contributed by atoms with Crippen LogP contribution in [-0.4, -0.2) is 0 Å². The van der Waals surface area contributed by atoms with E-state index in [1.807, 2.05) is 30.3 Å². The van der Waals surface area contributed by atoms with E-state index in [-0.39, 0.29) is 0 Å². The fourth-order valence-electron chi connectivity index (χ4n) is 1.57. The highest BCUT2D eigenvalue weighted by Crippen LogP contribution is 2.25. The monoisotopic (exact) mass is 273 g/mol. The van der Waals surface area contributed by atoms with Gasteiger partial charge in [-0.2, -0.15) is 5.26 Å². The average Bonchev–Trinajstić information content (AvgIpc) is 2.39. The molecule has 1 nitrogen and oxygen atoms in total. The lowest BCUT2D eigenvalue weighted by molar-refractivity contribution is 1.52. The molecule has 0 N–H and O–H groups in total. The quantitative estimate of drug-likeness (QED) is 0.554. The van der Waals surface area contributed by atoms with E-state index in [1.165, 1.54) is 0 Å². The Morgan fingerprint density at radius 2 is 1.78 bits per heavy atom. The van der Waals surface area contributed by atoms with Crippen LogP contribution >= 0.6 is 23.2 Å². The Morgan fingerprint density at radius 3 is 2.39 bits per heavy atom. The minimum atomic E-state index is 0.534. The molecule has 18 heavy (non-hydrogen) atoms. The Bertz CT molecular complexity index is 625. The summed E-state index contributed by atoms with van der Waals surface area (Å²) in [5, 5.41) is 10.3. The van der Waals surface area contributed by atoms with Crippen molar-refractivity contribution < 1.29 is 0 Å². The molecule has 0 atom stereocenters. The first kappa shape index (κ1) is 12.7. The Hall–Kier alpha value is -1.75. The fourth-order valence-corrected chi connectivity index (χ4v) is 2.03. The Balaban J connectivity index is 2.45. The van der Waals surface area contributed by atoms with Crippen LogP contribution in [0, 0.1) is 11.3 Å². The Kier molecular flexibility index (Phi) is 4.04. The second-order valence-corrected chi connectivity index (χ2v) is 4.55. The number of hydrogen-bond donors (Lipinski definition) is 0. The molecule has 2 aromatic rings. The van der Waals surface area contributed by atoms with Gasteiger partial charge in [-0.25, -0.2) is 0 Å². The van der Waals surface area contributed by atoms with Crippen molar-refractivity contribution in [2.75, 3.05) is 0 Å². The van der Waals surface area contributed by atoms with Gasteiger partial charge < -0.3 is 0 Å². The second kappa shape index (κ2) is 5.73. The van der Waals surface area contributed by atoms with Gasteiger partial charge >= 0.3 is 0 Å². The molecule has 0 spiro atoms. The molecule has 88 valence electrons. The summed E-state index contributed by atoms with van der Waals surface area (Å²) in [6, 6.07) is 16.9. The van der Waals surface area contributed by atoms with Crippen molar-refractivity contribution in [3.05, 3.63) is 69.7 Å². The van der Waals surface area contributed by atoms with Crippen molar-refractivity contribution in [3.8, 4) is 6.07 Å². The summed E-state index contributed by atoms with van der Waals surface area (Å²) < 4.78 is 0. The standard InChI is InChI=1S/C15H9Cl2N/c16-14-7-6-12(15(17)9-14)8-13(10-18)11-4-2-1-3-5-11/h1-9H/b13-8+. The van der Waals surface area contributed by atoms with Crippen LogP contribution < -0.4 is 0 Å². The van der Waals surface area contributed by atoms with Crippen LogP contribution in [0.2, 0.25) is 10.0 Å². The Labute approximate surface area is 116 Å². The fraction of sp³-hybridized carbons (Fsp3) is 0. The number of allylic oxidation sites excluding steroid dienone is 1. The molecule has 0 heterocycles. The molecular formula is C15H9Cl2N. The van der Waals surface area contributed by atoms with Crippen molar-refractivity contribution >= 4 is 34.9 Å². The summed E-state index contributed by atoms with van der Waals surface area (Å²) >= 11 is 11.9. The molecule has 0 radical (unpaired) electrons. The van der Waals surface area contributed by atoms with Gasteiger partial charge in [-0.1, -0.05) is 59.6 Å². The maximum absolute atomic E-state index is 9.20. The van der Waals surface area contributed by atoms with Gasteiger partial charge in [-0.3, -0.25) is 0 Å². The zero-order valence-corrected chi connectivity index (χ0v) is 10.9. The first-order valence-electron chi connectivity index (χ1n) is 5.33. The predicted molar refractivity (Wildman–Crippen MR) is 76.4 cm³/mol. The highest BCUT2D eigenvalue weighted by molar-refractivity contribution is 6.35. The molecule has 0 aliphatic rings. The maximum atomic E-state index is 9.20. The molecule has 0 unspecified atom stereocenters. The van der Waals surface area contributed by atoms with Gasteiger partial charge in [-0.05, 0) is 29.3 Å². The van der Waals surface area contributed by atoms with E-state index in [0.29, 0.717) is 15.6 Å². The van der Waals surface area contributed by atoms with Gasteiger partial charge in [0.2, 0.25) is 0 Å². The molecule has 0 amide bonds. The van der Waals surface area contributed by atoms with Crippen molar-refractivity contribution in [1.29, 1.82) is 5.26 Å². The van der Waals surface area contributed by atoms with Crippen LogP contribution in [0.15, 0.2) is 48.5 Å². The zero-order valence-electron chi connectivity index (χ0n) is 9.40. The molecule has 0 bridgehead atoms. The van der Waals surface area contributed by atoms with E-state index in [0.717, 1.165) is 11.1 Å². The number of hydrogen-bond acceptors (Lipinski definition) is 1. The molecule has 2 rings (SSSR count). The van der Waals surface area contributed by atoms with Crippen molar-refractivity contribution in [3.63, 3.8) is 0 Å². The maximum Gasteiger partial charge on any atom is 0.0998 e. The van der Waals surface area contributed by atoms with E-state index >= 15 is 0 Å². The lowest BCUT2D eigenvalue weighted by Gasteiger charge is -2.02. The normalized spacial score (nSPS) is 11.1. The van der Waals surface area contributed by atoms with Gasteiger partial charge in [0.05, 0.1) is 11.6 Å². The van der Waals surface area contributed by atoms with Crippen molar-refractivity contribution in [1.82, 2.24) is 0 Å². The summed E-state index contributed by atoms with van der Waals surface area (Å²) in [7, 11) is 0. The molecule has 0 aliphatic carbocycles. The van der Waals surface area contributed by atoms with Gasteiger partial charge in [-0.15, -0.1) is 0 Å². The van der Waals surface area contributed by atoms with E-state index in [4.69, 9.17) is 23.2 Å². The smallest absolute Gasteiger partial charge is 0.0998 e. The van der Waals surface area contributed by atoms with Crippen LogP contribution in [0.5, 0.6) is 0 Å². The van der Waals surface area contributed by atoms with Gasteiger partial charge in [0.1, 0.15) is 0 Å². The first-order valence-corrected chi connectivity index (χ1v) is 6.08. The minimum Gasteiger partial charge on any atom is -0.192 e. The second-order valence-electron chi connectivity index (χ2n) is 3.70. The number of rotatable bonds is 2. The van der Waals surface area contributed by atoms with Crippen LogP contribution in [0.25, 0.3) is 11.6 Å². The lowest BCUT2D eigenvalue weighted by atomic mass is 10.0. The zero-order chi connectivity index (χ0) is 13.0. The predicted octanol–water partition coefficient (Wildman–Crippen LogP) is 5.06. The van der Waals surface area contributed by atoms with Crippen LogP contribution in [0.3, 0.4) is 0 Å². The minimum absolute atomic E-state index is 0.534. The SMILES string of the molecule is N#C/C(=C\c1ccc(Cl)cc1Cl)c1ccccc1. The highest BCUT2D eigenvalue weighted by atomic mass is 35.5. The topological polar surface area (TPSA) is 23.8 Å². The lowest BCUT2D eigenvalue weighted by Crippen LogP contribution is -1.82. The Morgan fingerprint density at radius 1 is 1.06 bits per heavy atom. The summed E-state index contributed by atoms with van der Waals surface area (Å²) in [4.78, 5) is 0. The number of halogens is 2. The van der Waals surface area contributed by atoms with E-state index in [1.54, 1.807) is 24.3 Å². The third-order valence-electron chi connectivity index (χ3n) is 2.47. The van der Waals surface area contributed by atoms with Crippen molar-refractivity contribution in [2.24, 2.45) is 0 Å². The molecule has 0 aromatic heterocycles. The molecule has 0 saturated heterocycles. The van der Waals surface area contributed by atoms with Crippen LogP contribution in [-0.2, 0) is 0 Å². The van der Waals surface area contributed by atoms with Gasteiger partial charge in [0.15, 0.2) is 0 Å². The third kappa shape index (κ3) is 2.92. The summed E-state index contributed by atoms with van der Waals surface area (Å²) in [5.41, 5.74) is 2.22. The van der Waals surface area contributed by atoms with E-state index in [2.05, 4.69) is 6.07 Å². The van der Waals surface area contributed by atoms with Crippen LogP contribution in [0.4, 0.5) is 0 Å². The first-order chi connectivity index (χ1) is 8.70. The van der Waals surface area contributed by atoms with Crippen molar-refractivity contribution in [2.45, 2.75) is 0 Å². The molecular weight excluding hydrogens is 265 g/mol. The molecule has 0 saturated carbocycles. The number of benzene rings is 2. The number of nitriles is 1. The average molecular weight is 274 g/mol. The third-order valence-corrected chi connectivity index (χ3v) is 3.03.